The highest BCUT2D eigenvalue weighted by molar-refractivity contribution is 9.11. The minimum absolute atomic E-state index is 0.000836. The molecule has 0 bridgehead atoms. The van der Waals surface area contributed by atoms with Gasteiger partial charge in [0.1, 0.15) is 6.10 Å². The average molecular weight is 424 g/mol. The van der Waals surface area contributed by atoms with E-state index in [0.717, 1.165) is 28.3 Å². The van der Waals surface area contributed by atoms with Crippen LogP contribution in [0.4, 0.5) is 0 Å². The fourth-order valence-electron chi connectivity index (χ4n) is 3.46. The number of hydrogen-bond donors (Lipinski definition) is 1. The lowest BCUT2D eigenvalue weighted by Gasteiger charge is -2.20. The van der Waals surface area contributed by atoms with Gasteiger partial charge in [0.2, 0.25) is 12.5 Å². The van der Waals surface area contributed by atoms with Gasteiger partial charge in [-0.15, -0.1) is 11.3 Å². The maximum Gasteiger partial charge on any atom is 0.231 e. The van der Waals surface area contributed by atoms with Crippen LogP contribution in [0.25, 0.3) is 0 Å². The second-order valence-electron chi connectivity index (χ2n) is 6.46. The Morgan fingerprint density at radius 3 is 2.88 bits per heavy atom. The minimum Gasteiger partial charge on any atom is -0.481 e. The molecule has 134 valence electrons. The monoisotopic (exact) mass is 423 g/mol. The molecule has 25 heavy (non-hydrogen) atoms. The van der Waals surface area contributed by atoms with E-state index in [0.29, 0.717) is 11.8 Å². The number of halogens is 1. The molecule has 4 rings (SSSR count). The first-order chi connectivity index (χ1) is 12.3. The number of rotatable bonds is 7. The van der Waals surface area contributed by atoms with Crippen LogP contribution in [-0.2, 0) is 0 Å². The molecule has 2 heterocycles. The van der Waals surface area contributed by atoms with Gasteiger partial charge in [0.15, 0.2) is 11.5 Å². The summed E-state index contributed by atoms with van der Waals surface area (Å²) in [5, 5.41) is 3.68. The van der Waals surface area contributed by atoms with Crippen LogP contribution in [0, 0.1) is 0 Å². The highest BCUT2D eigenvalue weighted by Gasteiger charge is 2.23. The molecule has 0 radical (unpaired) electrons. The van der Waals surface area contributed by atoms with Crippen molar-refractivity contribution in [2.24, 2.45) is 0 Å². The van der Waals surface area contributed by atoms with Crippen molar-refractivity contribution in [3.63, 3.8) is 0 Å². The summed E-state index contributed by atoms with van der Waals surface area (Å²) in [6.07, 6.45) is 6.22. The van der Waals surface area contributed by atoms with E-state index in [2.05, 4.69) is 33.4 Å². The van der Waals surface area contributed by atoms with Crippen LogP contribution in [-0.4, -0.2) is 19.4 Å². The lowest BCUT2D eigenvalue weighted by atomic mass is 10.2. The standard InChI is InChI=1S/C19H22BrNO3S/c20-18-9-8-17(25-18)14(10-11-21-13-4-1-2-5-13)24-16-7-3-6-15-19(16)23-12-22-15/h3,6-9,13-14,21H,1-2,4-5,10-12H2. The summed E-state index contributed by atoms with van der Waals surface area (Å²) >= 11 is 5.28. The van der Waals surface area contributed by atoms with Gasteiger partial charge in [-0.2, -0.15) is 0 Å². The predicted molar refractivity (Wildman–Crippen MR) is 103 cm³/mol. The molecule has 0 saturated heterocycles. The first kappa shape index (κ1) is 17.2. The first-order valence-electron chi connectivity index (χ1n) is 8.83. The van der Waals surface area contributed by atoms with Gasteiger partial charge in [-0.1, -0.05) is 18.9 Å². The van der Waals surface area contributed by atoms with Crippen LogP contribution < -0.4 is 19.5 Å². The molecule has 1 N–H and O–H groups in total. The molecular weight excluding hydrogens is 402 g/mol. The van der Waals surface area contributed by atoms with E-state index < -0.39 is 0 Å². The molecule has 0 amide bonds. The first-order valence-corrected chi connectivity index (χ1v) is 10.4. The van der Waals surface area contributed by atoms with E-state index >= 15 is 0 Å². The van der Waals surface area contributed by atoms with Gasteiger partial charge in [-0.25, -0.2) is 0 Å². The maximum atomic E-state index is 6.37. The van der Waals surface area contributed by atoms with Gasteiger partial charge in [0.05, 0.1) is 3.79 Å². The summed E-state index contributed by atoms with van der Waals surface area (Å²) in [7, 11) is 0. The van der Waals surface area contributed by atoms with Crippen molar-refractivity contribution in [1.82, 2.24) is 5.32 Å². The minimum atomic E-state index is 0.000836. The van der Waals surface area contributed by atoms with Gasteiger partial charge in [0.25, 0.3) is 0 Å². The van der Waals surface area contributed by atoms with Gasteiger partial charge in [-0.05, 0) is 59.6 Å². The zero-order valence-electron chi connectivity index (χ0n) is 14.0. The Morgan fingerprint density at radius 2 is 2.08 bits per heavy atom. The van der Waals surface area contributed by atoms with Crippen molar-refractivity contribution in [2.75, 3.05) is 13.3 Å². The highest BCUT2D eigenvalue weighted by atomic mass is 79.9. The van der Waals surface area contributed by atoms with E-state index in [1.54, 1.807) is 11.3 Å². The van der Waals surface area contributed by atoms with Crippen LogP contribution in [0.15, 0.2) is 34.1 Å². The Balaban J connectivity index is 1.46. The number of nitrogens with one attached hydrogen (secondary N) is 1. The Bertz CT molecular complexity index is 714. The van der Waals surface area contributed by atoms with E-state index in [4.69, 9.17) is 14.2 Å². The number of hydrogen-bond acceptors (Lipinski definition) is 5. The molecule has 1 aromatic carbocycles. The Morgan fingerprint density at radius 1 is 1.20 bits per heavy atom. The third kappa shape index (κ3) is 4.13. The van der Waals surface area contributed by atoms with Crippen LogP contribution in [0.3, 0.4) is 0 Å². The SMILES string of the molecule is Brc1ccc(C(CCNC2CCCC2)Oc2cccc3c2OCO3)s1. The molecule has 2 aromatic rings. The molecule has 1 aliphatic carbocycles. The summed E-state index contributed by atoms with van der Waals surface area (Å²) in [6, 6.07) is 10.7. The Hall–Kier alpha value is -1.24. The van der Waals surface area contributed by atoms with Gasteiger partial charge >= 0.3 is 0 Å². The quantitative estimate of drug-likeness (QED) is 0.657. The summed E-state index contributed by atoms with van der Waals surface area (Å²) in [5.41, 5.74) is 0. The van der Waals surface area contributed by atoms with Crippen molar-refractivity contribution >= 4 is 27.3 Å². The fraction of sp³-hybridized carbons (Fsp3) is 0.474. The smallest absolute Gasteiger partial charge is 0.231 e. The molecule has 2 aliphatic rings. The fourth-order valence-corrected chi connectivity index (χ4v) is 4.95. The summed E-state index contributed by atoms with van der Waals surface area (Å²) in [6.45, 7) is 1.21. The van der Waals surface area contributed by atoms with Crippen molar-refractivity contribution in [2.45, 2.75) is 44.2 Å². The van der Waals surface area contributed by atoms with Crippen LogP contribution in [0.5, 0.6) is 17.2 Å². The normalized spacial score (nSPS) is 17.8. The Kier molecular flexibility index (Phi) is 5.48. The van der Waals surface area contributed by atoms with E-state index in [9.17, 15) is 0 Å². The molecule has 1 atom stereocenters. The van der Waals surface area contributed by atoms with Gasteiger partial charge in [-0.3, -0.25) is 0 Å². The number of ether oxygens (including phenoxy) is 3. The lowest BCUT2D eigenvalue weighted by Crippen LogP contribution is -2.28. The molecule has 0 spiro atoms. The third-order valence-electron chi connectivity index (χ3n) is 4.74. The molecule has 1 unspecified atom stereocenters. The largest absolute Gasteiger partial charge is 0.481 e. The van der Waals surface area contributed by atoms with Crippen LogP contribution in [0.1, 0.15) is 43.1 Å². The maximum absolute atomic E-state index is 6.37. The molecule has 6 heteroatoms. The zero-order chi connectivity index (χ0) is 17.1. The van der Waals surface area contributed by atoms with Crippen molar-refractivity contribution < 1.29 is 14.2 Å². The second-order valence-corrected chi connectivity index (χ2v) is 8.96. The van der Waals surface area contributed by atoms with E-state index in [1.807, 2.05) is 18.2 Å². The molecule has 1 aliphatic heterocycles. The Labute approximate surface area is 160 Å². The molecule has 4 nitrogen and oxygen atoms in total. The molecule has 1 aromatic heterocycles. The van der Waals surface area contributed by atoms with Gasteiger partial charge < -0.3 is 19.5 Å². The number of fused-ring (bicyclic) bond motifs is 1. The summed E-state index contributed by atoms with van der Waals surface area (Å²) in [4.78, 5) is 1.22. The topological polar surface area (TPSA) is 39.7 Å². The molecular formula is C19H22BrNO3S. The average Bonchev–Trinajstić information content (AvgIpc) is 3.35. The van der Waals surface area contributed by atoms with Gasteiger partial charge in [0, 0.05) is 17.3 Å². The summed E-state index contributed by atoms with van der Waals surface area (Å²) < 4.78 is 18.5. The van der Waals surface area contributed by atoms with Crippen LogP contribution >= 0.6 is 27.3 Å². The molecule has 1 fully saturated rings. The molecule has 1 saturated carbocycles. The lowest BCUT2D eigenvalue weighted by molar-refractivity contribution is 0.158. The van der Waals surface area contributed by atoms with Crippen molar-refractivity contribution in [1.29, 1.82) is 0 Å². The number of benzene rings is 1. The number of para-hydroxylation sites is 1. The zero-order valence-corrected chi connectivity index (χ0v) is 16.4. The van der Waals surface area contributed by atoms with E-state index in [1.165, 1.54) is 30.6 Å². The summed E-state index contributed by atoms with van der Waals surface area (Å²) in [5.74, 6) is 2.23. The highest BCUT2D eigenvalue weighted by Crippen LogP contribution is 2.43. The van der Waals surface area contributed by atoms with Crippen molar-refractivity contribution in [3.8, 4) is 17.2 Å². The second kappa shape index (κ2) is 7.98. The van der Waals surface area contributed by atoms with E-state index in [-0.39, 0.29) is 12.9 Å². The van der Waals surface area contributed by atoms with Crippen molar-refractivity contribution in [3.05, 3.63) is 39.0 Å². The number of thiophene rings is 1. The predicted octanol–water partition coefficient (Wildman–Crippen LogP) is 5.28. The van der Waals surface area contributed by atoms with Crippen LogP contribution in [0.2, 0.25) is 0 Å². The third-order valence-corrected chi connectivity index (χ3v) is 6.45.